The average molecular weight is 296 g/mol. The number of fused-ring (bicyclic) bond motifs is 2. The molecule has 2 aromatic rings. The molecule has 0 atom stereocenters. The predicted octanol–water partition coefficient (Wildman–Crippen LogP) is 4.97. The Labute approximate surface area is 133 Å². The highest BCUT2D eigenvalue weighted by Gasteiger charge is 2.11. The van der Waals surface area contributed by atoms with E-state index in [2.05, 4.69) is 37.3 Å². The van der Waals surface area contributed by atoms with Crippen molar-refractivity contribution in [3.05, 3.63) is 64.7 Å². The van der Waals surface area contributed by atoms with E-state index in [0.717, 1.165) is 23.5 Å². The number of hydrogen-bond donors (Lipinski definition) is 0. The molecule has 22 heavy (non-hydrogen) atoms. The monoisotopic (exact) mass is 296 g/mol. The molecule has 0 bridgehead atoms. The molecule has 1 aliphatic heterocycles. The number of ether oxygens (including phenoxy) is 2. The van der Waals surface area contributed by atoms with Crippen molar-refractivity contribution >= 4 is 6.08 Å². The fourth-order valence-electron chi connectivity index (χ4n) is 2.68. The first kappa shape index (κ1) is 16.2. The molecule has 1 heterocycles. The molecule has 0 saturated carbocycles. The van der Waals surface area contributed by atoms with E-state index in [0.29, 0.717) is 13.2 Å². The fourth-order valence-corrected chi connectivity index (χ4v) is 2.68. The standard InChI is InChI=1S/C10H10.C9H10O2.CH4/c1-8-4-2-5-9-6-3-7-10(8)9;1-7-3-2-4-8-9(7)11-6-5-10-8;/h2-5,7H,6H2,1H3;2-4H,5-6H2,1H3;1H4. The second-order valence-electron chi connectivity index (χ2n) is 5.35. The SMILES string of the molecule is C.Cc1cccc2c1C=CC2.Cc1cccc2c1OCCO2. The van der Waals surface area contributed by atoms with Crippen molar-refractivity contribution < 1.29 is 9.47 Å². The molecule has 2 aliphatic rings. The van der Waals surface area contributed by atoms with E-state index in [1.807, 2.05) is 25.1 Å². The number of aryl methyl sites for hydroxylation is 2. The van der Waals surface area contributed by atoms with Crippen molar-refractivity contribution in [3.63, 3.8) is 0 Å². The third-order valence-corrected chi connectivity index (χ3v) is 3.80. The van der Waals surface area contributed by atoms with Crippen LogP contribution in [0.15, 0.2) is 42.5 Å². The molecule has 2 heteroatoms. The van der Waals surface area contributed by atoms with Crippen LogP contribution in [0.4, 0.5) is 0 Å². The maximum atomic E-state index is 5.43. The van der Waals surface area contributed by atoms with Gasteiger partial charge in [0.25, 0.3) is 0 Å². The molecule has 0 N–H and O–H groups in total. The van der Waals surface area contributed by atoms with Gasteiger partial charge in [0.2, 0.25) is 0 Å². The molecule has 2 nitrogen and oxygen atoms in total. The summed E-state index contributed by atoms with van der Waals surface area (Å²) in [6.07, 6.45) is 5.55. The summed E-state index contributed by atoms with van der Waals surface area (Å²) < 4.78 is 10.8. The van der Waals surface area contributed by atoms with Crippen molar-refractivity contribution in [2.45, 2.75) is 27.7 Å². The maximum Gasteiger partial charge on any atom is 0.164 e. The molecule has 0 radical (unpaired) electrons. The van der Waals surface area contributed by atoms with Gasteiger partial charge >= 0.3 is 0 Å². The van der Waals surface area contributed by atoms with Gasteiger partial charge in [-0.15, -0.1) is 0 Å². The van der Waals surface area contributed by atoms with Gasteiger partial charge in [-0.05, 0) is 48.6 Å². The Bertz CT molecular complexity index is 671. The van der Waals surface area contributed by atoms with Crippen molar-refractivity contribution in [2.24, 2.45) is 0 Å². The number of rotatable bonds is 0. The lowest BCUT2D eigenvalue weighted by Crippen LogP contribution is -2.15. The zero-order valence-electron chi connectivity index (χ0n) is 12.6. The number of benzene rings is 2. The van der Waals surface area contributed by atoms with E-state index in [1.165, 1.54) is 16.7 Å². The third-order valence-electron chi connectivity index (χ3n) is 3.80. The normalized spacial score (nSPS) is 13.5. The fraction of sp³-hybridized carbons (Fsp3) is 0.300. The number of hydrogen-bond acceptors (Lipinski definition) is 2. The van der Waals surface area contributed by atoms with E-state index in [-0.39, 0.29) is 7.43 Å². The van der Waals surface area contributed by atoms with Crippen LogP contribution in [0.5, 0.6) is 11.5 Å². The minimum absolute atomic E-state index is 0. The lowest BCUT2D eigenvalue weighted by atomic mass is 10.1. The first-order valence-corrected chi connectivity index (χ1v) is 7.36. The van der Waals surface area contributed by atoms with Crippen LogP contribution < -0.4 is 9.47 Å². The first-order valence-electron chi connectivity index (χ1n) is 7.36. The van der Waals surface area contributed by atoms with E-state index in [1.54, 1.807) is 0 Å². The van der Waals surface area contributed by atoms with Gasteiger partial charge in [-0.1, -0.05) is 49.9 Å². The summed E-state index contributed by atoms with van der Waals surface area (Å²) in [7, 11) is 0. The van der Waals surface area contributed by atoms with E-state index < -0.39 is 0 Å². The Morgan fingerprint density at radius 3 is 2.36 bits per heavy atom. The van der Waals surface area contributed by atoms with Crippen molar-refractivity contribution in [3.8, 4) is 11.5 Å². The van der Waals surface area contributed by atoms with E-state index >= 15 is 0 Å². The topological polar surface area (TPSA) is 18.5 Å². The van der Waals surface area contributed by atoms with Crippen LogP contribution in [0.25, 0.3) is 6.08 Å². The Hall–Kier alpha value is -2.22. The molecule has 4 rings (SSSR count). The van der Waals surface area contributed by atoms with Crippen LogP contribution >= 0.6 is 0 Å². The highest BCUT2D eigenvalue weighted by molar-refractivity contribution is 5.62. The number of allylic oxidation sites excluding steroid dienone is 1. The van der Waals surface area contributed by atoms with Crippen LogP contribution in [0, 0.1) is 13.8 Å². The molecular formula is C20H24O2. The molecule has 1 aliphatic carbocycles. The van der Waals surface area contributed by atoms with Crippen LogP contribution in [-0.4, -0.2) is 13.2 Å². The molecule has 116 valence electrons. The average Bonchev–Trinajstić information content (AvgIpc) is 2.99. The van der Waals surface area contributed by atoms with Gasteiger partial charge in [0.1, 0.15) is 13.2 Å². The van der Waals surface area contributed by atoms with Crippen molar-refractivity contribution in [2.75, 3.05) is 13.2 Å². The minimum atomic E-state index is 0. The quantitative estimate of drug-likeness (QED) is 0.683. The van der Waals surface area contributed by atoms with Gasteiger partial charge in [-0.25, -0.2) is 0 Å². The van der Waals surface area contributed by atoms with Crippen LogP contribution in [0.3, 0.4) is 0 Å². The van der Waals surface area contributed by atoms with Crippen LogP contribution in [0.1, 0.15) is 29.7 Å². The summed E-state index contributed by atoms with van der Waals surface area (Å²) in [6, 6.07) is 12.4. The second-order valence-corrected chi connectivity index (χ2v) is 5.35. The Morgan fingerprint density at radius 1 is 0.864 bits per heavy atom. The largest absolute Gasteiger partial charge is 0.486 e. The second kappa shape index (κ2) is 7.17. The summed E-state index contributed by atoms with van der Waals surface area (Å²) in [5, 5.41) is 0. The summed E-state index contributed by atoms with van der Waals surface area (Å²) in [5.74, 6) is 1.77. The molecule has 0 saturated heterocycles. The van der Waals surface area contributed by atoms with Crippen molar-refractivity contribution in [1.82, 2.24) is 0 Å². The third kappa shape index (κ3) is 3.33. The zero-order valence-corrected chi connectivity index (χ0v) is 12.6. The highest BCUT2D eigenvalue weighted by atomic mass is 16.6. The highest BCUT2D eigenvalue weighted by Crippen LogP contribution is 2.32. The van der Waals surface area contributed by atoms with Gasteiger partial charge in [0.15, 0.2) is 11.5 Å². The summed E-state index contributed by atoms with van der Waals surface area (Å²) >= 11 is 0. The van der Waals surface area contributed by atoms with Crippen LogP contribution in [0.2, 0.25) is 0 Å². The van der Waals surface area contributed by atoms with Gasteiger partial charge in [-0.2, -0.15) is 0 Å². The summed E-state index contributed by atoms with van der Waals surface area (Å²) in [5.41, 5.74) is 5.44. The predicted molar refractivity (Wildman–Crippen MR) is 92.8 cm³/mol. The van der Waals surface area contributed by atoms with Gasteiger partial charge in [-0.3, -0.25) is 0 Å². The maximum absolute atomic E-state index is 5.43. The van der Waals surface area contributed by atoms with E-state index in [9.17, 15) is 0 Å². The molecule has 0 spiro atoms. The van der Waals surface area contributed by atoms with Gasteiger partial charge < -0.3 is 9.47 Å². The van der Waals surface area contributed by atoms with Crippen molar-refractivity contribution in [1.29, 1.82) is 0 Å². The van der Waals surface area contributed by atoms with Crippen LogP contribution in [-0.2, 0) is 6.42 Å². The minimum Gasteiger partial charge on any atom is -0.486 e. The smallest absolute Gasteiger partial charge is 0.164 e. The summed E-state index contributed by atoms with van der Waals surface area (Å²) in [4.78, 5) is 0. The number of para-hydroxylation sites is 1. The first-order chi connectivity index (χ1) is 10.3. The Morgan fingerprint density at radius 2 is 1.59 bits per heavy atom. The molecular weight excluding hydrogens is 272 g/mol. The van der Waals surface area contributed by atoms with Gasteiger partial charge in [0.05, 0.1) is 0 Å². The molecule has 0 fully saturated rings. The summed E-state index contributed by atoms with van der Waals surface area (Å²) in [6.45, 7) is 5.51. The molecule has 2 aromatic carbocycles. The Balaban J connectivity index is 0.000000154. The van der Waals surface area contributed by atoms with E-state index in [4.69, 9.17) is 9.47 Å². The zero-order chi connectivity index (χ0) is 14.7. The molecule has 0 unspecified atom stereocenters. The lowest BCUT2D eigenvalue weighted by molar-refractivity contribution is 0.170. The Kier molecular flexibility index (Phi) is 5.26. The lowest BCUT2D eigenvalue weighted by Gasteiger charge is -2.19. The molecule has 0 aromatic heterocycles. The molecule has 0 amide bonds. The van der Waals surface area contributed by atoms with Gasteiger partial charge in [0, 0.05) is 0 Å².